The Labute approximate surface area is 127 Å². The number of hydrogen-bond acceptors (Lipinski definition) is 3. The van der Waals surface area contributed by atoms with E-state index >= 15 is 0 Å². The van der Waals surface area contributed by atoms with Crippen LogP contribution in [0.25, 0.3) is 0 Å². The number of carbonyl (C=O) groups excluding carboxylic acids is 1. The van der Waals surface area contributed by atoms with Crippen molar-refractivity contribution in [1.82, 2.24) is 15.1 Å². The maximum Gasteiger partial charge on any atom is 0.317 e. The number of fused-ring (bicyclic) bond motifs is 1. The lowest BCUT2D eigenvalue weighted by Gasteiger charge is -2.36. The fourth-order valence-electron chi connectivity index (χ4n) is 2.88. The van der Waals surface area contributed by atoms with Crippen molar-refractivity contribution in [2.24, 2.45) is 5.73 Å². The van der Waals surface area contributed by atoms with Crippen LogP contribution < -0.4 is 11.1 Å². The summed E-state index contributed by atoms with van der Waals surface area (Å²) in [4.78, 5) is 15.8. The number of thiocarbonyl (C=S) groups is 1. The summed E-state index contributed by atoms with van der Waals surface area (Å²) >= 11 is 4.84. The Bertz CT molecular complexity index is 594. The Kier molecular flexibility index (Phi) is 3.77. The molecule has 2 saturated heterocycles. The average Bonchev–Trinajstić information content (AvgIpc) is 2.82. The second-order valence-electron chi connectivity index (χ2n) is 5.44. The molecule has 21 heavy (non-hydrogen) atoms. The molecule has 0 saturated carbocycles. The number of piperazine rings is 1. The first-order valence-corrected chi connectivity index (χ1v) is 7.30. The predicted molar refractivity (Wildman–Crippen MR) is 81.5 cm³/mol. The van der Waals surface area contributed by atoms with Crippen molar-refractivity contribution >= 4 is 23.2 Å². The second-order valence-corrected chi connectivity index (χ2v) is 5.88. The standard InChI is InChI=1S/C14H17FN4OS/c15-12-5-9(13(16)21)1-2-10(12)7-18-3-4-19-11(8-18)6-17-14(19)20/h1-2,5,11H,3-4,6-8H2,(H2,16,21)(H,17,20). The number of rotatable bonds is 3. The fraction of sp³-hybridized carbons (Fsp3) is 0.429. The maximum absolute atomic E-state index is 14.1. The van der Waals surface area contributed by atoms with Gasteiger partial charge in [0.25, 0.3) is 0 Å². The van der Waals surface area contributed by atoms with E-state index < -0.39 is 0 Å². The lowest BCUT2D eigenvalue weighted by molar-refractivity contribution is 0.116. The molecular weight excluding hydrogens is 291 g/mol. The third kappa shape index (κ3) is 2.84. The molecule has 7 heteroatoms. The number of urea groups is 1. The van der Waals surface area contributed by atoms with E-state index in [-0.39, 0.29) is 22.9 Å². The van der Waals surface area contributed by atoms with Crippen LogP contribution in [0.5, 0.6) is 0 Å². The Morgan fingerprint density at radius 3 is 3.00 bits per heavy atom. The van der Waals surface area contributed by atoms with E-state index in [0.717, 1.165) is 13.1 Å². The molecule has 1 aromatic rings. The van der Waals surface area contributed by atoms with Crippen molar-refractivity contribution in [3.05, 3.63) is 35.1 Å². The number of hydrogen-bond donors (Lipinski definition) is 2. The van der Waals surface area contributed by atoms with Gasteiger partial charge in [0.2, 0.25) is 0 Å². The van der Waals surface area contributed by atoms with Gasteiger partial charge in [0.15, 0.2) is 0 Å². The number of halogens is 1. The van der Waals surface area contributed by atoms with Gasteiger partial charge in [-0.25, -0.2) is 9.18 Å². The van der Waals surface area contributed by atoms with E-state index in [0.29, 0.717) is 30.8 Å². The molecule has 2 fully saturated rings. The maximum atomic E-state index is 14.1. The summed E-state index contributed by atoms with van der Waals surface area (Å²) in [6.07, 6.45) is 0. The highest BCUT2D eigenvalue weighted by Crippen LogP contribution is 2.18. The molecule has 3 rings (SSSR count). The molecular formula is C14H17FN4OS. The zero-order chi connectivity index (χ0) is 15.0. The van der Waals surface area contributed by atoms with Crippen LogP contribution in [0.2, 0.25) is 0 Å². The fourth-order valence-corrected chi connectivity index (χ4v) is 3.01. The molecule has 0 bridgehead atoms. The van der Waals surface area contributed by atoms with Crippen molar-refractivity contribution in [2.75, 3.05) is 26.2 Å². The van der Waals surface area contributed by atoms with Crippen molar-refractivity contribution in [3.63, 3.8) is 0 Å². The molecule has 1 aromatic carbocycles. The van der Waals surface area contributed by atoms with Gasteiger partial charge in [0, 0.05) is 43.9 Å². The topological polar surface area (TPSA) is 61.6 Å². The van der Waals surface area contributed by atoms with Gasteiger partial charge in [0.1, 0.15) is 10.8 Å². The Morgan fingerprint density at radius 2 is 2.29 bits per heavy atom. The van der Waals surface area contributed by atoms with E-state index in [2.05, 4.69) is 10.2 Å². The molecule has 5 nitrogen and oxygen atoms in total. The molecule has 2 heterocycles. The molecule has 1 atom stereocenters. The lowest BCUT2D eigenvalue weighted by Crippen LogP contribution is -2.51. The number of nitrogens with zero attached hydrogens (tertiary/aromatic N) is 2. The molecule has 2 amide bonds. The summed E-state index contributed by atoms with van der Waals surface area (Å²) in [6, 6.07) is 5.05. The first kappa shape index (κ1) is 14.2. The average molecular weight is 308 g/mol. The van der Waals surface area contributed by atoms with Gasteiger partial charge in [-0.2, -0.15) is 0 Å². The van der Waals surface area contributed by atoms with Crippen molar-refractivity contribution < 1.29 is 9.18 Å². The summed E-state index contributed by atoms with van der Waals surface area (Å²) < 4.78 is 14.1. The molecule has 2 aliphatic rings. The van der Waals surface area contributed by atoms with Gasteiger partial charge in [-0.1, -0.05) is 24.4 Å². The molecule has 112 valence electrons. The summed E-state index contributed by atoms with van der Waals surface area (Å²) in [6.45, 7) is 3.39. The molecule has 0 spiro atoms. The van der Waals surface area contributed by atoms with Gasteiger partial charge in [-0.3, -0.25) is 4.90 Å². The Morgan fingerprint density at radius 1 is 1.48 bits per heavy atom. The van der Waals surface area contributed by atoms with Crippen molar-refractivity contribution in [2.45, 2.75) is 12.6 Å². The summed E-state index contributed by atoms with van der Waals surface area (Å²) in [5.41, 5.74) is 6.67. The smallest absolute Gasteiger partial charge is 0.317 e. The van der Waals surface area contributed by atoms with E-state index in [1.807, 2.05) is 4.90 Å². The minimum absolute atomic E-state index is 0.00615. The minimum atomic E-state index is -0.289. The third-order valence-corrected chi connectivity index (χ3v) is 4.28. The highest BCUT2D eigenvalue weighted by atomic mass is 32.1. The normalized spacial score (nSPS) is 22.0. The number of nitrogens with two attached hydrogens (primary N) is 1. The Balaban J connectivity index is 1.67. The number of nitrogens with one attached hydrogen (secondary N) is 1. The zero-order valence-corrected chi connectivity index (χ0v) is 12.3. The number of amides is 2. The van der Waals surface area contributed by atoms with Crippen LogP contribution in [0.15, 0.2) is 18.2 Å². The molecule has 2 aliphatic heterocycles. The van der Waals surface area contributed by atoms with Gasteiger partial charge >= 0.3 is 6.03 Å². The summed E-state index contributed by atoms with van der Waals surface area (Å²) in [7, 11) is 0. The number of carbonyl (C=O) groups is 1. The van der Waals surface area contributed by atoms with Crippen LogP contribution in [0, 0.1) is 5.82 Å². The largest absolute Gasteiger partial charge is 0.389 e. The Hall–Kier alpha value is -1.73. The van der Waals surface area contributed by atoms with Gasteiger partial charge < -0.3 is 16.0 Å². The minimum Gasteiger partial charge on any atom is -0.389 e. The lowest BCUT2D eigenvalue weighted by atomic mass is 10.1. The van der Waals surface area contributed by atoms with Crippen LogP contribution in [-0.2, 0) is 6.54 Å². The summed E-state index contributed by atoms with van der Waals surface area (Å²) in [5.74, 6) is -0.289. The highest BCUT2D eigenvalue weighted by Gasteiger charge is 2.35. The third-order valence-electron chi connectivity index (χ3n) is 4.05. The number of benzene rings is 1. The first-order valence-electron chi connectivity index (χ1n) is 6.89. The van der Waals surface area contributed by atoms with Crippen molar-refractivity contribution in [3.8, 4) is 0 Å². The van der Waals surface area contributed by atoms with Gasteiger partial charge in [-0.05, 0) is 6.07 Å². The van der Waals surface area contributed by atoms with E-state index in [9.17, 15) is 9.18 Å². The van der Waals surface area contributed by atoms with Gasteiger partial charge in [0.05, 0.1) is 6.04 Å². The molecule has 0 aromatic heterocycles. The zero-order valence-electron chi connectivity index (χ0n) is 11.5. The molecule has 0 aliphatic carbocycles. The van der Waals surface area contributed by atoms with Gasteiger partial charge in [-0.15, -0.1) is 0 Å². The molecule has 0 radical (unpaired) electrons. The highest BCUT2D eigenvalue weighted by molar-refractivity contribution is 7.80. The van der Waals surface area contributed by atoms with E-state index in [1.165, 1.54) is 6.07 Å². The SMILES string of the molecule is NC(=S)c1ccc(CN2CCN3C(=O)NCC3C2)c(F)c1. The van der Waals surface area contributed by atoms with Crippen LogP contribution in [0.4, 0.5) is 9.18 Å². The monoisotopic (exact) mass is 308 g/mol. The quantitative estimate of drug-likeness (QED) is 0.806. The van der Waals surface area contributed by atoms with E-state index in [1.54, 1.807) is 12.1 Å². The van der Waals surface area contributed by atoms with E-state index in [4.69, 9.17) is 18.0 Å². The van der Waals surface area contributed by atoms with Crippen molar-refractivity contribution in [1.29, 1.82) is 0 Å². The summed E-state index contributed by atoms with van der Waals surface area (Å²) in [5, 5.41) is 2.84. The second kappa shape index (κ2) is 5.57. The van der Waals surface area contributed by atoms with Crippen LogP contribution >= 0.6 is 12.2 Å². The first-order chi connectivity index (χ1) is 10.0. The van der Waals surface area contributed by atoms with Crippen LogP contribution in [0.3, 0.4) is 0 Å². The molecule has 1 unspecified atom stereocenters. The molecule has 3 N–H and O–H groups in total. The van der Waals surface area contributed by atoms with Crippen LogP contribution in [-0.4, -0.2) is 53.0 Å². The van der Waals surface area contributed by atoms with Crippen LogP contribution in [0.1, 0.15) is 11.1 Å². The predicted octanol–water partition coefficient (Wildman–Crippen LogP) is 0.669.